The molecule has 1 nitrogen and oxygen atoms in total. The van der Waals surface area contributed by atoms with Crippen LogP contribution in [0.1, 0.15) is 0 Å². The predicted octanol–water partition coefficient (Wildman–Crippen LogP) is -0.0687. The van der Waals surface area contributed by atoms with E-state index in [1.54, 1.807) is 0 Å². The summed E-state index contributed by atoms with van der Waals surface area (Å²) in [5.41, 5.74) is 0. The van der Waals surface area contributed by atoms with Crippen LogP contribution in [0.25, 0.3) is 0 Å². The first-order valence-electron chi connectivity index (χ1n) is 1.04. The molecule has 0 aliphatic heterocycles. The average molecular weight is 150 g/mol. The number of hydrogen-bond donors (Lipinski definition) is 1. The topological polar surface area (TPSA) is 9.23 Å². The van der Waals surface area contributed by atoms with Crippen LogP contribution in [0.5, 0.6) is 0 Å². The van der Waals surface area contributed by atoms with Crippen molar-refractivity contribution < 1.29 is 4.74 Å². The van der Waals surface area contributed by atoms with Crippen LogP contribution in [0.2, 0.25) is 0 Å². The van der Waals surface area contributed by atoms with Crippen molar-refractivity contribution in [1.82, 2.24) is 0 Å². The van der Waals surface area contributed by atoms with Crippen molar-refractivity contribution in [3.05, 3.63) is 0 Å². The number of ether oxygens (including phenoxy) is 1. The van der Waals surface area contributed by atoms with Gasteiger partial charge in [-0.3, -0.25) is 0 Å². The molecule has 0 atom stereocenters. The molecule has 0 aliphatic rings. The third-order valence-corrected chi connectivity index (χ3v) is 0.524. The molecule has 0 radical (unpaired) electrons. The third kappa shape index (κ3) is 9.09. The van der Waals surface area contributed by atoms with Crippen LogP contribution in [0.3, 0.4) is 0 Å². The second-order valence-electron chi connectivity index (χ2n) is 0.470. The minimum absolute atomic E-state index is 0. The average Bonchev–Trinajstić information content (AvgIpc) is 1.38. The monoisotopic (exact) mass is 150 g/mol. The molecule has 6 heavy (non-hydrogen) atoms. The van der Waals surface area contributed by atoms with Gasteiger partial charge in [-0.2, -0.15) is 0 Å². The Morgan fingerprint density at radius 3 is 2.00 bits per heavy atom. The Labute approximate surface area is 77.8 Å². The fourth-order valence-corrected chi connectivity index (χ4v) is 0. The van der Waals surface area contributed by atoms with E-state index in [1.165, 1.54) is 7.11 Å². The van der Waals surface area contributed by atoms with Gasteiger partial charge in [0.15, 0.2) is 0 Å². The molecule has 0 spiro atoms. The van der Waals surface area contributed by atoms with E-state index >= 15 is 0 Å². The summed E-state index contributed by atoms with van der Waals surface area (Å²) in [7, 11) is 1.48. The van der Waals surface area contributed by atoms with E-state index in [9.17, 15) is 0 Å². The van der Waals surface area contributed by atoms with Crippen molar-refractivity contribution in [3.8, 4) is 0 Å². The van der Waals surface area contributed by atoms with Crippen LogP contribution in [0, 0.1) is 0 Å². The molecular formula is C2H6CaOS2. The summed E-state index contributed by atoms with van der Waals surface area (Å²) in [5.74, 6) is 0. The Balaban J connectivity index is 0. The van der Waals surface area contributed by atoms with Crippen molar-refractivity contribution in [2.75, 3.05) is 7.11 Å². The van der Waals surface area contributed by atoms with Gasteiger partial charge >= 0.3 is 37.7 Å². The van der Waals surface area contributed by atoms with Gasteiger partial charge in [0.25, 0.3) is 0 Å². The van der Waals surface area contributed by atoms with Gasteiger partial charge < -0.3 is 4.74 Å². The van der Waals surface area contributed by atoms with Gasteiger partial charge in [-0.05, 0) is 12.2 Å². The number of thiocarbonyl (C=S) groups is 1. The maximum atomic E-state index is 4.35. The number of rotatable bonds is 0. The van der Waals surface area contributed by atoms with E-state index in [2.05, 4.69) is 29.6 Å². The van der Waals surface area contributed by atoms with Crippen molar-refractivity contribution in [2.45, 2.75) is 0 Å². The van der Waals surface area contributed by atoms with Crippen LogP contribution >= 0.6 is 24.8 Å². The summed E-state index contributed by atoms with van der Waals surface area (Å²) in [6.45, 7) is 0. The van der Waals surface area contributed by atoms with Crippen LogP contribution in [0.15, 0.2) is 0 Å². The molecule has 0 heterocycles. The van der Waals surface area contributed by atoms with E-state index < -0.39 is 0 Å². The predicted molar refractivity (Wildman–Crippen MR) is 37.1 cm³/mol. The SMILES string of the molecule is COC(=S)S.[CaH2]. The van der Waals surface area contributed by atoms with Crippen molar-refractivity contribution in [2.24, 2.45) is 0 Å². The van der Waals surface area contributed by atoms with Crippen LogP contribution in [0.4, 0.5) is 0 Å². The Morgan fingerprint density at radius 2 is 2.00 bits per heavy atom. The quantitative estimate of drug-likeness (QED) is 0.294. The zero-order chi connectivity index (χ0) is 4.28. The van der Waals surface area contributed by atoms with Crippen LogP contribution in [-0.4, -0.2) is 49.2 Å². The third-order valence-electron chi connectivity index (χ3n) is 0.175. The summed E-state index contributed by atoms with van der Waals surface area (Å²) in [6.07, 6.45) is 0. The molecule has 0 aromatic heterocycles. The Hall–Kier alpha value is 1.50. The molecule has 34 valence electrons. The molecule has 0 aromatic rings. The van der Waals surface area contributed by atoms with Crippen LogP contribution < -0.4 is 0 Å². The molecule has 0 aromatic carbocycles. The standard InChI is InChI=1S/C2H4OS2.Ca.2H/c1-3-2(4)5;;;/h1H3,(H,4,5);;;. The Kier molecular flexibility index (Phi) is 11.3. The first kappa shape index (κ1) is 10.5. The van der Waals surface area contributed by atoms with Crippen molar-refractivity contribution in [1.29, 1.82) is 0 Å². The molecule has 0 bridgehead atoms. The number of hydrogen-bond acceptors (Lipinski definition) is 2. The molecule has 4 heteroatoms. The number of thiol groups is 1. The van der Waals surface area contributed by atoms with Gasteiger partial charge in [0.2, 0.25) is 4.38 Å². The molecule has 0 unspecified atom stereocenters. The normalized spacial score (nSPS) is 5.67. The van der Waals surface area contributed by atoms with E-state index in [-0.39, 0.29) is 42.1 Å². The van der Waals surface area contributed by atoms with Gasteiger partial charge in [0.1, 0.15) is 0 Å². The van der Waals surface area contributed by atoms with E-state index in [0.717, 1.165) is 0 Å². The molecule has 0 amide bonds. The fourth-order valence-electron chi connectivity index (χ4n) is 0. The molecule has 0 rings (SSSR count). The maximum absolute atomic E-state index is 4.35. The van der Waals surface area contributed by atoms with Crippen molar-refractivity contribution >= 4 is 67.0 Å². The molecule has 0 saturated carbocycles. The fraction of sp³-hybridized carbons (Fsp3) is 0.500. The Bertz CT molecular complexity index is 46.8. The second-order valence-corrected chi connectivity index (χ2v) is 1.55. The zero-order valence-electron chi connectivity index (χ0n) is 2.76. The second kappa shape index (κ2) is 6.50. The van der Waals surface area contributed by atoms with E-state index in [1.807, 2.05) is 0 Å². The molecule has 0 N–H and O–H groups in total. The van der Waals surface area contributed by atoms with Gasteiger partial charge in [-0.25, -0.2) is 0 Å². The first-order valence-corrected chi connectivity index (χ1v) is 1.90. The van der Waals surface area contributed by atoms with Gasteiger partial charge in [0.05, 0.1) is 7.11 Å². The molecule has 0 fully saturated rings. The Morgan fingerprint density at radius 1 is 1.83 bits per heavy atom. The summed E-state index contributed by atoms with van der Waals surface area (Å²) < 4.78 is 4.63. The summed E-state index contributed by atoms with van der Waals surface area (Å²) in [5, 5.41) is 0. The van der Waals surface area contributed by atoms with Crippen LogP contribution in [-0.2, 0) is 4.74 Å². The summed E-state index contributed by atoms with van der Waals surface area (Å²) in [4.78, 5) is 0. The minimum atomic E-state index is 0. The van der Waals surface area contributed by atoms with Gasteiger partial charge in [0, 0.05) is 0 Å². The molecule has 0 saturated heterocycles. The summed E-state index contributed by atoms with van der Waals surface area (Å²) >= 11 is 7.95. The molecular weight excluding hydrogens is 144 g/mol. The number of methoxy groups -OCH3 is 1. The first-order chi connectivity index (χ1) is 2.27. The van der Waals surface area contributed by atoms with E-state index in [0.29, 0.717) is 0 Å². The van der Waals surface area contributed by atoms with Gasteiger partial charge in [-0.1, -0.05) is 12.6 Å². The zero-order valence-corrected chi connectivity index (χ0v) is 4.47. The molecule has 0 aliphatic carbocycles. The van der Waals surface area contributed by atoms with E-state index in [4.69, 9.17) is 0 Å². The summed E-state index contributed by atoms with van der Waals surface area (Å²) in [6, 6.07) is 0. The van der Waals surface area contributed by atoms with Gasteiger partial charge in [-0.15, -0.1) is 0 Å². The van der Waals surface area contributed by atoms with Crippen molar-refractivity contribution in [3.63, 3.8) is 0 Å².